The largest absolute Gasteiger partial charge is 0.492 e. The fourth-order valence-electron chi connectivity index (χ4n) is 1.64. The van der Waals surface area contributed by atoms with Crippen LogP contribution in [0, 0.1) is 3.57 Å². The van der Waals surface area contributed by atoms with Crippen molar-refractivity contribution in [2.24, 2.45) is 0 Å². The minimum atomic E-state index is -0.0871. The van der Waals surface area contributed by atoms with Crippen molar-refractivity contribution in [3.63, 3.8) is 0 Å². The Morgan fingerprint density at radius 2 is 1.85 bits per heavy atom. The quantitative estimate of drug-likeness (QED) is 0.475. The van der Waals surface area contributed by atoms with Crippen LogP contribution < -0.4 is 15.8 Å². The summed E-state index contributed by atoms with van der Waals surface area (Å²) in [5.74, 6) is 0.652. The Morgan fingerprint density at radius 1 is 1.15 bits per heavy atom. The molecular weight excluding hydrogens is 367 g/mol. The predicted molar refractivity (Wildman–Crippen MR) is 87.8 cm³/mol. The second-order valence-corrected chi connectivity index (χ2v) is 5.32. The van der Waals surface area contributed by atoms with E-state index in [0.717, 1.165) is 9.32 Å². The molecule has 0 radical (unpaired) electrons. The highest BCUT2D eigenvalue weighted by Gasteiger charge is 2.07. The molecule has 2 aromatic carbocycles. The summed E-state index contributed by atoms with van der Waals surface area (Å²) < 4.78 is 6.44. The summed E-state index contributed by atoms with van der Waals surface area (Å²) >= 11 is 2.15. The first-order valence-electron chi connectivity index (χ1n) is 6.18. The van der Waals surface area contributed by atoms with E-state index in [9.17, 15) is 4.79 Å². The van der Waals surface area contributed by atoms with Gasteiger partial charge in [0.25, 0.3) is 5.91 Å². The van der Waals surface area contributed by atoms with Crippen molar-refractivity contribution in [2.45, 2.75) is 0 Å². The van der Waals surface area contributed by atoms with Gasteiger partial charge in [-0.1, -0.05) is 12.1 Å². The molecule has 5 heteroatoms. The molecule has 20 heavy (non-hydrogen) atoms. The van der Waals surface area contributed by atoms with Crippen molar-refractivity contribution < 1.29 is 9.53 Å². The topological polar surface area (TPSA) is 64.3 Å². The fraction of sp³-hybridized carbons (Fsp3) is 0.133. The Balaban J connectivity index is 1.77. The zero-order valence-corrected chi connectivity index (χ0v) is 13.0. The molecule has 0 aliphatic carbocycles. The fourth-order valence-corrected chi connectivity index (χ4v) is 2.27. The van der Waals surface area contributed by atoms with Gasteiger partial charge in [0.1, 0.15) is 12.4 Å². The van der Waals surface area contributed by atoms with Crippen molar-refractivity contribution in [1.29, 1.82) is 0 Å². The van der Waals surface area contributed by atoms with Crippen molar-refractivity contribution in [3.05, 3.63) is 57.7 Å². The molecule has 2 aromatic rings. The van der Waals surface area contributed by atoms with Crippen LogP contribution in [0.3, 0.4) is 0 Å². The van der Waals surface area contributed by atoms with Crippen LogP contribution in [0.5, 0.6) is 5.75 Å². The molecule has 0 saturated heterocycles. The Morgan fingerprint density at radius 3 is 2.55 bits per heavy atom. The number of halogens is 1. The predicted octanol–water partition coefficient (Wildman–Crippen LogP) is 2.68. The average Bonchev–Trinajstić information content (AvgIpc) is 2.46. The van der Waals surface area contributed by atoms with Gasteiger partial charge in [-0.15, -0.1) is 0 Å². The summed E-state index contributed by atoms with van der Waals surface area (Å²) in [6.45, 7) is 0.868. The molecule has 0 aliphatic rings. The van der Waals surface area contributed by atoms with Gasteiger partial charge in [-0.3, -0.25) is 4.79 Å². The van der Waals surface area contributed by atoms with Gasteiger partial charge in [-0.2, -0.15) is 0 Å². The Kier molecular flexibility index (Phi) is 5.23. The smallest absolute Gasteiger partial charge is 0.252 e. The lowest BCUT2D eigenvalue weighted by Crippen LogP contribution is -2.28. The lowest BCUT2D eigenvalue weighted by molar-refractivity contribution is 0.0946. The van der Waals surface area contributed by atoms with Crippen molar-refractivity contribution in [1.82, 2.24) is 5.32 Å². The molecule has 0 bridgehead atoms. The number of ether oxygens (including phenoxy) is 1. The van der Waals surface area contributed by atoms with Crippen LogP contribution >= 0.6 is 22.6 Å². The summed E-state index contributed by atoms with van der Waals surface area (Å²) in [5, 5.41) is 2.83. The van der Waals surface area contributed by atoms with Crippen molar-refractivity contribution >= 4 is 34.2 Å². The normalized spacial score (nSPS) is 10.1. The van der Waals surface area contributed by atoms with Gasteiger partial charge in [-0.05, 0) is 59.0 Å². The molecular formula is C15H15IN2O2. The van der Waals surface area contributed by atoms with Crippen molar-refractivity contribution in [2.75, 3.05) is 18.9 Å². The summed E-state index contributed by atoms with van der Waals surface area (Å²) in [6.07, 6.45) is 0. The molecule has 104 valence electrons. The molecule has 4 nitrogen and oxygen atoms in total. The van der Waals surface area contributed by atoms with Crippen LogP contribution in [-0.2, 0) is 0 Å². The van der Waals surface area contributed by atoms with Gasteiger partial charge in [0, 0.05) is 9.26 Å². The van der Waals surface area contributed by atoms with E-state index in [4.69, 9.17) is 10.5 Å². The molecule has 0 spiro atoms. The molecule has 0 fully saturated rings. The first-order chi connectivity index (χ1) is 9.66. The zero-order chi connectivity index (χ0) is 14.4. The number of carbonyl (C=O) groups excluding carboxylic acids is 1. The first-order valence-corrected chi connectivity index (χ1v) is 7.26. The van der Waals surface area contributed by atoms with Gasteiger partial charge >= 0.3 is 0 Å². The monoisotopic (exact) mass is 382 g/mol. The molecule has 1 amide bonds. The van der Waals surface area contributed by atoms with Crippen molar-refractivity contribution in [3.8, 4) is 5.75 Å². The maximum absolute atomic E-state index is 11.9. The van der Waals surface area contributed by atoms with Gasteiger partial charge < -0.3 is 15.8 Å². The summed E-state index contributed by atoms with van der Waals surface area (Å²) in [7, 11) is 0. The van der Waals surface area contributed by atoms with E-state index in [-0.39, 0.29) is 5.91 Å². The Bertz CT molecular complexity index is 585. The number of hydrogen-bond acceptors (Lipinski definition) is 3. The number of nitrogen functional groups attached to an aromatic ring is 1. The summed E-state index contributed by atoms with van der Waals surface area (Å²) in [4.78, 5) is 11.9. The number of anilines is 1. The highest BCUT2D eigenvalue weighted by molar-refractivity contribution is 14.1. The first kappa shape index (κ1) is 14.6. The van der Waals surface area contributed by atoms with E-state index in [2.05, 4.69) is 27.9 Å². The van der Waals surface area contributed by atoms with E-state index in [1.165, 1.54) is 0 Å². The van der Waals surface area contributed by atoms with Gasteiger partial charge in [0.05, 0.1) is 12.1 Å². The maximum Gasteiger partial charge on any atom is 0.252 e. The maximum atomic E-state index is 11.9. The van der Waals surface area contributed by atoms with Gasteiger partial charge in [0.2, 0.25) is 0 Å². The molecule has 0 saturated carbocycles. The van der Waals surface area contributed by atoms with E-state index in [1.54, 1.807) is 30.3 Å². The number of hydrogen-bond donors (Lipinski definition) is 2. The minimum absolute atomic E-state index is 0.0871. The minimum Gasteiger partial charge on any atom is -0.492 e. The van der Waals surface area contributed by atoms with E-state index in [0.29, 0.717) is 24.4 Å². The second-order valence-electron chi connectivity index (χ2n) is 4.15. The van der Waals surface area contributed by atoms with E-state index >= 15 is 0 Å². The lowest BCUT2D eigenvalue weighted by atomic mass is 10.2. The third-order valence-corrected chi connectivity index (χ3v) is 3.60. The molecule has 0 heterocycles. The molecule has 0 aliphatic heterocycles. The number of carbonyl (C=O) groups is 1. The van der Waals surface area contributed by atoms with Gasteiger partial charge in [0.15, 0.2) is 0 Å². The number of nitrogens with one attached hydrogen (secondary N) is 1. The molecule has 0 unspecified atom stereocenters. The Labute approximate surface area is 131 Å². The van der Waals surface area contributed by atoms with Crippen LogP contribution in [-0.4, -0.2) is 19.1 Å². The van der Waals surface area contributed by atoms with Crippen LogP contribution in [0.15, 0.2) is 48.5 Å². The number of rotatable bonds is 5. The standard InChI is InChI=1S/C15H15IN2O2/c16-14-4-2-1-3-13(14)15(19)18-9-10-20-12-7-5-11(17)6-8-12/h1-8H,9-10,17H2,(H,18,19). The highest BCUT2D eigenvalue weighted by Crippen LogP contribution is 2.13. The van der Waals surface area contributed by atoms with E-state index in [1.807, 2.05) is 18.2 Å². The van der Waals surface area contributed by atoms with Gasteiger partial charge in [-0.25, -0.2) is 0 Å². The zero-order valence-electron chi connectivity index (χ0n) is 10.8. The van der Waals surface area contributed by atoms with Crippen LogP contribution in [0.2, 0.25) is 0 Å². The molecule has 2 rings (SSSR count). The number of benzene rings is 2. The third kappa shape index (κ3) is 4.12. The molecule has 0 aromatic heterocycles. The SMILES string of the molecule is Nc1ccc(OCCNC(=O)c2ccccc2I)cc1. The lowest BCUT2D eigenvalue weighted by Gasteiger charge is -2.08. The van der Waals surface area contributed by atoms with Crippen LogP contribution in [0.4, 0.5) is 5.69 Å². The molecule has 3 N–H and O–H groups in total. The Hall–Kier alpha value is -1.76. The molecule has 0 atom stereocenters. The second kappa shape index (κ2) is 7.14. The van der Waals surface area contributed by atoms with E-state index < -0.39 is 0 Å². The van der Waals surface area contributed by atoms with Crippen LogP contribution in [0.25, 0.3) is 0 Å². The summed E-state index contributed by atoms with van der Waals surface area (Å²) in [5.41, 5.74) is 6.97. The average molecular weight is 382 g/mol. The number of nitrogens with two attached hydrogens (primary N) is 1. The third-order valence-electron chi connectivity index (χ3n) is 2.65. The number of amides is 1. The summed E-state index contributed by atoms with van der Waals surface area (Å²) in [6, 6.07) is 14.6. The highest BCUT2D eigenvalue weighted by atomic mass is 127. The van der Waals surface area contributed by atoms with Crippen LogP contribution in [0.1, 0.15) is 10.4 Å².